The van der Waals surface area contributed by atoms with Gasteiger partial charge in [0.25, 0.3) is 0 Å². The van der Waals surface area contributed by atoms with Gasteiger partial charge < -0.3 is 10.0 Å². The number of pyridine rings is 1. The van der Waals surface area contributed by atoms with Crippen molar-refractivity contribution < 1.29 is 5.11 Å². The zero-order valence-electron chi connectivity index (χ0n) is 13.2. The quantitative estimate of drug-likeness (QED) is 0.757. The number of hydrogen-bond acceptors (Lipinski definition) is 5. The third-order valence-corrected chi connectivity index (χ3v) is 4.80. The fourth-order valence-electron chi connectivity index (χ4n) is 3.44. The van der Waals surface area contributed by atoms with E-state index in [4.69, 9.17) is 0 Å². The smallest absolute Gasteiger partial charge is 0.129 e. The summed E-state index contributed by atoms with van der Waals surface area (Å²) in [4.78, 5) is 6.91. The maximum atomic E-state index is 10.9. The summed E-state index contributed by atoms with van der Waals surface area (Å²) >= 11 is 0. The van der Waals surface area contributed by atoms with Crippen LogP contribution in [-0.4, -0.2) is 38.6 Å². The first kappa shape index (κ1) is 14.1. The summed E-state index contributed by atoms with van der Waals surface area (Å²) in [6.45, 7) is 5.41. The van der Waals surface area contributed by atoms with Gasteiger partial charge in [0.1, 0.15) is 11.3 Å². The number of fused-ring (bicyclic) bond motifs is 1. The van der Waals surface area contributed by atoms with Crippen molar-refractivity contribution in [2.45, 2.75) is 25.9 Å². The van der Waals surface area contributed by atoms with Gasteiger partial charge in [0.2, 0.25) is 0 Å². The van der Waals surface area contributed by atoms with Gasteiger partial charge in [0.15, 0.2) is 0 Å². The fraction of sp³-hybridized carbons (Fsp3) is 0.353. The molecule has 0 unspecified atom stereocenters. The van der Waals surface area contributed by atoms with Crippen molar-refractivity contribution in [3.63, 3.8) is 0 Å². The van der Waals surface area contributed by atoms with Crippen molar-refractivity contribution in [3.8, 4) is 0 Å². The molecule has 1 aliphatic heterocycles. The van der Waals surface area contributed by atoms with Crippen LogP contribution >= 0.6 is 0 Å². The minimum absolute atomic E-state index is 0.508. The molecule has 23 heavy (non-hydrogen) atoms. The van der Waals surface area contributed by atoms with Crippen LogP contribution in [0.4, 0.5) is 5.69 Å². The molecule has 1 fully saturated rings. The summed E-state index contributed by atoms with van der Waals surface area (Å²) in [6, 6.07) is 8.16. The number of nitrogens with one attached hydrogen (secondary N) is 1. The summed E-state index contributed by atoms with van der Waals surface area (Å²) in [5.74, 6) is 0. The summed E-state index contributed by atoms with van der Waals surface area (Å²) in [6.07, 6.45) is 2.24. The van der Waals surface area contributed by atoms with Crippen molar-refractivity contribution in [2.24, 2.45) is 0 Å². The number of para-hydroxylation sites is 1. The zero-order valence-corrected chi connectivity index (χ0v) is 13.2. The molecule has 1 aliphatic rings. The predicted octanol–water partition coefficient (Wildman–Crippen LogP) is 2.07. The lowest BCUT2D eigenvalue weighted by molar-refractivity contribution is 0.0560. The van der Waals surface area contributed by atoms with Gasteiger partial charge in [-0.1, -0.05) is 18.2 Å². The molecule has 6 nitrogen and oxygen atoms in total. The molecule has 0 saturated carbocycles. The van der Waals surface area contributed by atoms with E-state index in [0.29, 0.717) is 18.7 Å². The predicted molar refractivity (Wildman–Crippen MR) is 88.3 cm³/mol. The first-order valence-electron chi connectivity index (χ1n) is 7.78. The number of anilines is 1. The van der Waals surface area contributed by atoms with E-state index in [1.54, 1.807) is 6.20 Å². The number of β-amino-alcohol motifs (C(OH)–C–C–N with tert-alkyl or cyclic N) is 1. The lowest BCUT2D eigenvalue weighted by atomic mass is 10.00. The van der Waals surface area contributed by atoms with Crippen LogP contribution in [0.5, 0.6) is 0 Å². The number of hydrogen-bond donors (Lipinski definition) is 2. The molecule has 0 spiro atoms. The Hall–Kier alpha value is -2.47. The lowest BCUT2D eigenvalue weighted by Crippen LogP contribution is -2.31. The van der Waals surface area contributed by atoms with E-state index >= 15 is 0 Å². The van der Waals surface area contributed by atoms with Crippen LogP contribution in [0.25, 0.3) is 10.9 Å². The van der Waals surface area contributed by atoms with Crippen LogP contribution in [0.15, 0.2) is 30.5 Å². The van der Waals surface area contributed by atoms with Crippen molar-refractivity contribution in [1.29, 1.82) is 0 Å². The molecule has 3 aromatic rings. The summed E-state index contributed by atoms with van der Waals surface area (Å²) in [7, 11) is 0. The van der Waals surface area contributed by atoms with E-state index in [-0.39, 0.29) is 0 Å². The van der Waals surface area contributed by atoms with Crippen molar-refractivity contribution in [3.05, 3.63) is 47.4 Å². The average Bonchev–Trinajstić information content (AvgIpc) is 3.19. The summed E-state index contributed by atoms with van der Waals surface area (Å²) in [5, 5.41) is 22.6. The van der Waals surface area contributed by atoms with Gasteiger partial charge in [0.05, 0.1) is 23.9 Å². The maximum Gasteiger partial charge on any atom is 0.129 e. The molecule has 3 heterocycles. The Morgan fingerprint density at radius 3 is 2.87 bits per heavy atom. The van der Waals surface area contributed by atoms with E-state index in [0.717, 1.165) is 34.4 Å². The van der Waals surface area contributed by atoms with Gasteiger partial charge in [0, 0.05) is 24.0 Å². The number of aromatic nitrogens is 4. The van der Waals surface area contributed by atoms with Gasteiger partial charge in [-0.3, -0.25) is 4.98 Å². The first-order valence-corrected chi connectivity index (χ1v) is 7.78. The molecule has 2 aromatic heterocycles. The van der Waals surface area contributed by atoms with Crippen LogP contribution in [0.1, 0.15) is 23.4 Å². The average molecular weight is 309 g/mol. The number of aliphatic hydroxyl groups is 1. The fourth-order valence-corrected chi connectivity index (χ4v) is 3.44. The summed E-state index contributed by atoms with van der Waals surface area (Å²) < 4.78 is 0. The number of benzene rings is 1. The topological polar surface area (TPSA) is 77.9 Å². The number of rotatable bonds is 2. The Morgan fingerprint density at radius 2 is 2.09 bits per heavy atom. The monoisotopic (exact) mass is 309 g/mol. The Labute approximate surface area is 134 Å². The number of aromatic amines is 1. The molecule has 4 rings (SSSR count). The number of H-pyrrole nitrogens is 1. The third-order valence-electron chi connectivity index (χ3n) is 4.80. The highest BCUT2D eigenvalue weighted by molar-refractivity contribution is 5.94. The van der Waals surface area contributed by atoms with E-state index in [1.165, 1.54) is 0 Å². The second-order valence-corrected chi connectivity index (χ2v) is 6.25. The van der Waals surface area contributed by atoms with Gasteiger partial charge >= 0.3 is 0 Å². The van der Waals surface area contributed by atoms with Crippen molar-refractivity contribution in [1.82, 2.24) is 20.4 Å². The molecule has 0 aliphatic carbocycles. The highest BCUT2D eigenvalue weighted by Gasteiger charge is 2.40. The van der Waals surface area contributed by atoms with Crippen LogP contribution in [-0.2, 0) is 5.60 Å². The van der Waals surface area contributed by atoms with Crippen LogP contribution < -0.4 is 4.90 Å². The third kappa shape index (κ3) is 2.17. The molecule has 1 saturated heterocycles. The zero-order chi connectivity index (χ0) is 16.0. The Morgan fingerprint density at radius 1 is 1.26 bits per heavy atom. The molecular formula is C17H19N5O. The summed E-state index contributed by atoms with van der Waals surface area (Å²) in [5.41, 5.74) is 3.98. The van der Waals surface area contributed by atoms with Crippen molar-refractivity contribution >= 4 is 16.6 Å². The van der Waals surface area contributed by atoms with Crippen molar-refractivity contribution in [2.75, 3.05) is 18.0 Å². The molecule has 1 aromatic carbocycles. The van der Waals surface area contributed by atoms with E-state index in [1.807, 2.05) is 25.1 Å². The SMILES string of the molecule is Cc1nc2ccccc2c(N2CC[C@](O)(c3cn[nH]n3)C2)c1C. The standard InChI is InChI=1S/C17H19N5O/c1-11-12(2)19-14-6-4-3-5-13(14)16(11)22-8-7-17(23,10-22)15-9-18-21-20-15/h3-6,9,23H,7-8,10H2,1-2H3,(H,18,20,21)/t17-/m1/s1. The molecule has 0 amide bonds. The van der Waals surface area contributed by atoms with Crippen LogP contribution in [0.2, 0.25) is 0 Å². The number of aryl methyl sites for hydroxylation is 1. The Bertz CT molecular complexity index is 861. The second-order valence-electron chi connectivity index (χ2n) is 6.25. The highest BCUT2D eigenvalue weighted by Crippen LogP contribution is 2.38. The van der Waals surface area contributed by atoms with Gasteiger partial charge in [-0.2, -0.15) is 15.4 Å². The molecule has 1 atom stereocenters. The number of nitrogens with zero attached hydrogens (tertiary/aromatic N) is 4. The van der Waals surface area contributed by atoms with Gasteiger partial charge in [-0.25, -0.2) is 0 Å². The van der Waals surface area contributed by atoms with Crippen LogP contribution in [0.3, 0.4) is 0 Å². The molecule has 0 bridgehead atoms. The van der Waals surface area contributed by atoms with Gasteiger partial charge in [-0.15, -0.1) is 0 Å². The van der Waals surface area contributed by atoms with E-state index in [9.17, 15) is 5.11 Å². The highest BCUT2D eigenvalue weighted by atomic mass is 16.3. The Balaban J connectivity index is 1.80. The first-order chi connectivity index (χ1) is 11.1. The molecule has 6 heteroatoms. The normalized spacial score (nSPS) is 21.3. The molecule has 2 N–H and O–H groups in total. The van der Waals surface area contributed by atoms with E-state index in [2.05, 4.69) is 38.3 Å². The maximum absolute atomic E-state index is 10.9. The molecule has 0 radical (unpaired) electrons. The minimum Gasteiger partial charge on any atom is -0.381 e. The van der Waals surface area contributed by atoms with E-state index < -0.39 is 5.60 Å². The second kappa shape index (κ2) is 5.03. The molecular weight excluding hydrogens is 290 g/mol. The van der Waals surface area contributed by atoms with Gasteiger partial charge in [-0.05, 0) is 25.5 Å². The Kier molecular flexibility index (Phi) is 3.09. The lowest BCUT2D eigenvalue weighted by Gasteiger charge is -2.25. The molecule has 118 valence electrons. The minimum atomic E-state index is -0.961. The van der Waals surface area contributed by atoms with Crippen LogP contribution in [0, 0.1) is 13.8 Å². The largest absolute Gasteiger partial charge is 0.381 e.